The molecule has 4 rings (SSSR count). The zero-order valence-electron chi connectivity index (χ0n) is 17.8. The molecule has 1 aliphatic heterocycles. The van der Waals surface area contributed by atoms with E-state index in [2.05, 4.69) is 20.6 Å². The molecule has 2 unspecified atom stereocenters. The minimum Gasteiger partial charge on any atom is -0.481 e. The first kappa shape index (κ1) is 21.2. The number of nitrogens with two attached hydrogens (primary N) is 1. The van der Waals surface area contributed by atoms with Gasteiger partial charge < -0.3 is 21.1 Å². The van der Waals surface area contributed by atoms with Gasteiger partial charge in [0.05, 0.1) is 18.1 Å². The highest BCUT2D eigenvalue weighted by Gasteiger charge is 2.22. The van der Waals surface area contributed by atoms with Crippen LogP contribution in [0.25, 0.3) is 11.0 Å². The van der Waals surface area contributed by atoms with Crippen LogP contribution < -0.4 is 21.1 Å². The van der Waals surface area contributed by atoms with Crippen molar-refractivity contribution >= 4 is 16.9 Å². The van der Waals surface area contributed by atoms with Crippen molar-refractivity contribution in [3.05, 3.63) is 65.4 Å². The van der Waals surface area contributed by atoms with Crippen LogP contribution in [-0.2, 0) is 13.0 Å². The van der Waals surface area contributed by atoms with Gasteiger partial charge in [-0.25, -0.2) is 4.98 Å². The number of primary amides is 1. The van der Waals surface area contributed by atoms with Gasteiger partial charge in [-0.3, -0.25) is 9.78 Å². The fraction of sp³-hybridized carbons (Fsp3) is 0.375. The lowest BCUT2D eigenvalue weighted by Gasteiger charge is -2.31. The number of nitrogens with zero attached hydrogens (tertiary/aromatic N) is 2. The molecule has 7 nitrogen and oxygen atoms in total. The summed E-state index contributed by atoms with van der Waals surface area (Å²) in [5.74, 6) is 0.230. The van der Waals surface area contributed by atoms with Crippen molar-refractivity contribution in [2.75, 3.05) is 13.7 Å². The van der Waals surface area contributed by atoms with Gasteiger partial charge in [0.2, 0.25) is 11.8 Å². The Labute approximate surface area is 182 Å². The molecule has 1 saturated heterocycles. The molecule has 2 aromatic heterocycles. The van der Waals surface area contributed by atoms with Crippen LogP contribution in [0.3, 0.4) is 0 Å². The van der Waals surface area contributed by atoms with E-state index in [0.717, 1.165) is 48.8 Å². The van der Waals surface area contributed by atoms with Crippen molar-refractivity contribution in [1.82, 2.24) is 20.6 Å². The molecule has 0 saturated carbocycles. The van der Waals surface area contributed by atoms with Crippen LogP contribution in [0.5, 0.6) is 5.88 Å². The summed E-state index contributed by atoms with van der Waals surface area (Å²) in [6.45, 7) is 1.62. The van der Waals surface area contributed by atoms with Crippen molar-refractivity contribution in [3.8, 4) is 5.88 Å². The molecule has 1 aliphatic rings. The third-order valence-electron chi connectivity index (χ3n) is 5.97. The number of nitrogens with one attached hydrogen (secondary N) is 2. The van der Waals surface area contributed by atoms with Crippen molar-refractivity contribution in [1.29, 1.82) is 0 Å². The van der Waals surface area contributed by atoms with E-state index in [0.29, 0.717) is 30.1 Å². The molecule has 162 valence electrons. The summed E-state index contributed by atoms with van der Waals surface area (Å²) < 4.78 is 5.28. The molecular formula is C24H29N5O2. The molecule has 0 aliphatic carbocycles. The predicted molar refractivity (Wildman–Crippen MR) is 121 cm³/mol. The quantitative estimate of drug-likeness (QED) is 0.519. The zero-order chi connectivity index (χ0) is 21.6. The van der Waals surface area contributed by atoms with Crippen LogP contribution in [0, 0.1) is 0 Å². The lowest BCUT2D eigenvalue weighted by Crippen LogP contribution is -2.46. The number of hydrogen-bond acceptors (Lipinski definition) is 6. The summed E-state index contributed by atoms with van der Waals surface area (Å²) >= 11 is 0. The first-order chi connectivity index (χ1) is 15.1. The molecule has 3 aromatic rings. The number of benzene rings is 1. The Morgan fingerprint density at radius 2 is 2.10 bits per heavy atom. The highest BCUT2D eigenvalue weighted by Crippen LogP contribution is 2.21. The molecule has 3 heterocycles. The summed E-state index contributed by atoms with van der Waals surface area (Å²) in [6.07, 6.45) is 5.90. The van der Waals surface area contributed by atoms with Gasteiger partial charge in [0, 0.05) is 36.5 Å². The second-order valence-electron chi connectivity index (χ2n) is 8.00. The van der Waals surface area contributed by atoms with Crippen LogP contribution >= 0.6 is 0 Å². The van der Waals surface area contributed by atoms with Crippen LogP contribution in [0.1, 0.15) is 40.7 Å². The Bertz CT molecular complexity index is 1060. The average Bonchev–Trinajstić information content (AvgIpc) is 2.81. The van der Waals surface area contributed by atoms with Crippen molar-refractivity contribution in [2.45, 2.75) is 44.3 Å². The third kappa shape index (κ3) is 5.18. The van der Waals surface area contributed by atoms with E-state index in [1.807, 2.05) is 42.6 Å². The number of aromatic nitrogens is 2. The molecule has 7 heteroatoms. The number of carbonyl (C=O) groups is 1. The van der Waals surface area contributed by atoms with Gasteiger partial charge in [-0.15, -0.1) is 0 Å². The standard InChI is InChI=1S/C24H29N5O2/c1-31-22-9-8-21-23(29-22)16(10-12-27-21)6-7-18-14-19(11-13-26-18)28-15-17-4-2-3-5-20(17)24(25)30/h2-5,8-10,12,18-19,26,28H,6-7,11,13-15H2,1H3,(H2,25,30). The average molecular weight is 420 g/mol. The van der Waals surface area contributed by atoms with Gasteiger partial charge in [0.15, 0.2) is 0 Å². The van der Waals surface area contributed by atoms with E-state index in [-0.39, 0.29) is 5.91 Å². The zero-order valence-corrected chi connectivity index (χ0v) is 17.8. The highest BCUT2D eigenvalue weighted by atomic mass is 16.5. The number of methoxy groups -OCH3 is 1. The van der Waals surface area contributed by atoms with E-state index < -0.39 is 0 Å². The van der Waals surface area contributed by atoms with Gasteiger partial charge in [-0.05, 0) is 61.6 Å². The van der Waals surface area contributed by atoms with Gasteiger partial charge >= 0.3 is 0 Å². The van der Waals surface area contributed by atoms with Crippen molar-refractivity contribution in [2.24, 2.45) is 5.73 Å². The summed E-state index contributed by atoms with van der Waals surface area (Å²) in [5, 5.41) is 7.26. The number of amides is 1. The second-order valence-corrected chi connectivity index (χ2v) is 8.00. The van der Waals surface area contributed by atoms with Gasteiger partial charge in [0.1, 0.15) is 0 Å². The number of rotatable bonds is 8. The number of hydrogen-bond donors (Lipinski definition) is 3. The predicted octanol–water partition coefficient (Wildman–Crippen LogP) is 2.58. The van der Waals surface area contributed by atoms with Crippen molar-refractivity contribution < 1.29 is 9.53 Å². The maximum Gasteiger partial charge on any atom is 0.249 e. The summed E-state index contributed by atoms with van der Waals surface area (Å²) in [5.41, 5.74) is 10.0. The smallest absolute Gasteiger partial charge is 0.249 e. The van der Waals surface area contributed by atoms with Crippen LogP contribution in [0.2, 0.25) is 0 Å². The molecule has 4 N–H and O–H groups in total. The normalized spacial score (nSPS) is 18.7. The number of aryl methyl sites for hydroxylation is 1. The maximum absolute atomic E-state index is 11.6. The Kier molecular flexibility index (Phi) is 6.74. The molecule has 0 spiro atoms. The van der Waals surface area contributed by atoms with E-state index in [1.165, 1.54) is 5.56 Å². The number of pyridine rings is 2. The molecule has 31 heavy (non-hydrogen) atoms. The minimum atomic E-state index is -0.379. The topological polar surface area (TPSA) is 102 Å². The lowest BCUT2D eigenvalue weighted by atomic mass is 9.94. The molecular weight excluding hydrogens is 390 g/mol. The van der Waals surface area contributed by atoms with Crippen molar-refractivity contribution in [3.63, 3.8) is 0 Å². The third-order valence-corrected chi connectivity index (χ3v) is 5.97. The Hall–Kier alpha value is -3.03. The van der Waals surface area contributed by atoms with Gasteiger partial charge in [0.25, 0.3) is 0 Å². The number of fused-ring (bicyclic) bond motifs is 1. The second kappa shape index (κ2) is 9.85. The molecule has 2 atom stereocenters. The fourth-order valence-electron chi connectivity index (χ4n) is 4.29. The molecule has 0 bridgehead atoms. The molecule has 1 amide bonds. The Morgan fingerprint density at radius 1 is 1.23 bits per heavy atom. The Balaban J connectivity index is 1.36. The minimum absolute atomic E-state index is 0.379. The van der Waals surface area contributed by atoms with Crippen LogP contribution in [0.4, 0.5) is 0 Å². The first-order valence-electron chi connectivity index (χ1n) is 10.8. The highest BCUT2D eigenvalue weighted by molar-refractivity contribution is 5.94. The van der Waals surface area contributed by atoms with E-state index in [1.54, 1.807) is 13.2 Å². The summed E-state index contributed by atoms with van der Waals surface area (Å²) in [7, 11) is 1.63. The SMILES string of the molecule is COc1ccc2nccc(CCC3CC(NCc4ccccc4C(N)=O)CCN3)c2n1. The van der Waals surface area contributed by atoms with Crippen LogP contribution in [-0.4, -0.2) is 41.6 Å². The lowest BCUT2D eigenvalue weighted by molar-refractivity contribution is 0.0999. The summed E-state index contributed by atoms with van der Waals surface area (Å²) in [4.78, 5) is 20.7. The number of carbonyl (C=O) groups excluding carboxylic acids is 1. The summed E-state index contributed by atoms with van der Waals surface area (Å²) in [6, 6.07) is 14.2. The Morgan fingerprint density at radius 3 is 2.94 bits per heavy atom. The number of ether oxygens (including phenoxy) is 1. The van der Waals surface area contributed by atoms with Gasteiger partial charge in [-0.2, -0.15) is 0 Å². The van der Waals surface area contributed by atoms with E-state index in [9.17, 15) is 4.79 Å². The van der Waals surface area contributed by atoms with Crippen LogP contribution in [0.15, 0.2) is 48.7 Å². The first-order valence-corrected chi connectivity index (χ1v) is 10.8. The monoisotopic (exact) mass is 419 g/mol. The largest absolute Gasteiger partial charge is 0.481 e. The fourth-order valence-corrected chi connectivity index (χ4v) is 4.29. The molecule has 1 fully saturated rings. The maximum atomic E-state index is 11.6. The molecule has 0 radical (unpaired) electrons. The number of piperidine rings is 1. The van der Waals surface area contributed by atoms with E-state index >= 15 is 0 Å². The molecule has 1 aromatic carbocycles. The van der Waals surface area contributed by atoms with Gasteiger partial charge in [-0.1, -0.05) is 18.2 Å². The van der Waals surface area contributed by atoms with E-state index in [4.69, 9.17) is 10.5 Å².